The molecule has 0 aromatic heterocycles. The van der Waals surface area contributed by atoms with Crippen LogP contribution in [0, 0.1) is 11.5 Å². The highest BCUT2D eigenvalue weighted by Gasteiger charge is 2.33. The van der Waals surface area contributed by atoms with Crippen LogP contribution in [0.15, 0.2) is 0 Å². The van der Waals surface area contributed by atoms with Crippen LogP contribution < -0.4 is 0 Å². The van der Waals surface area contributed by atoms with Crippen molar-refractivity contribution in [3.05, 3.63) is 0 Å². The molecule has 0 amide bonds. The molecule has 0 bridgehead atoms. The second kappa shape index (κ2) is 4.50. The maximum atomic E-state index is 9.20. The maximum absolute atomic E-state index is 9.20. The zero-order valence-electron chi connectivity index (χ0n) is 9.11. The molecule has 0 saturated heterocycles. The molecule has 0 aliphatic rings. The van der Waals surface area contributed by atoms with Gasteiger partial charge >= 0.3 is 0 Å². The first-order valence-electron chi connectivity index (χ1n) is 4.47. The molecule has 1 N–H and O–H groups in total. The van der Waals surface area contributed by atoms with E-state index in [1.807, 2.05) is 0 Å². The van der Waals surface area contributed by atoms with E-state index in [0.717, 1.165) is 0 Å². The van der Waals surface area contributed by atoms with E-state index in [2.05, 4.69) is 45.3 Å². The van der Waals surface area contributed by atoms with Crippen LogP contribution in [0.5, 0.6) is 0 Å². The Kier molecular flexibility index (Phi) is 4.51. The molecule has 0 radical (unpaired) electrons. The second-order valence-corrected chi connectivity index (χ2v) is 10.1. The fraction of sp³-hybridized carbons (Fsp3) is 0.800. The van der Waals surface area contributed by atoms with Crippen LogP contribution >= 0.6 is 11.6 Å². The van der Waals surface area contributed by atoms with Crippen molar-refractivity contribution in [1.82, 2.24) is 0 Å². The summed E-state index contributed by atoms with van der Waals surface area (Å²) < 4.78 is 0. The zero-order chi connectivity index (χ0) is 10.7. The van der Waals surface area contributed by atoms with Gasteiger partial charge in [-0.25, -0.2) is 0 Å². The van der Waals surface area contributed by atoms with E-state index in [1.165, 1.54) is 0 Å². The van der Waals surface area contributed by atoms with Crippen LogP contribution in [0.3, 0.4) is 0 Å². The van der Waals surface area contributed by atoms with Crippen molar-refractivity contribution in [2.24, 2.45) is 0 Å². The molecule has 0 fully saturated rings. The summed E-state index contributed by atoms with van der Waals surface area (Å²) in [5.74, 6) is 3.01. The van der Waals surface area contributed by atoms with Crippen molar-refractivity contribution in [3.8, 4) is 11.5 Å². The minimum atomic E-state index is -1.56. The molecule has 1 atom stereocenters. The number of halogens is 1. The lowest BCUT2D eigenvalue weighted by Gasteiger charge is -2.31. The Balaban J connectivity index is 4.56. The molecule has 0 rings (SSSR count). The van der Waals surface area contributed by atoms with Gasteiger partial charge in [-0.1, -0.05) is 39.8 Å². The Bertz CT molecular complexity index is 219. The Morgan fingerprint density at radius 3 is 2.15 bits per heavy atom. The third-order valence-electron chi connectivity index (χ3n) is 2.57. The van der Waals surface area contributed by atoms with Crippen molar-refractivity contribution in [3.63, 3.8) is 0 Å². The van der Waals surface area contributed by atoms with Crippen molar-refractivity contribution in [1.29, 1.82) is 0 Å². The van der Waals surface area contributed by atoms with Gasteiger partial charge in [-0.15, -0.1) is 17.1 Å². The largest absolute Gasteiger partial charge is 0.379 e. The normalized spacial score (nSPS) is 14.7. The van der Waals surface area contributed by atoms with Gasteiger partial charge in [0.2, 0.25) is 0 Å². The molecule has 1 unspecified atom stereocenters. The monoisotopic (exact) mass is 218 g/mol. The van der Waals surface area contributed by atoms with E-state index in [0.29, 0.717) is 0 Å². The highest BCUT2D eigenvalue weighted by Crippen LogP contribution is 2.35. The molecule has 0 aliphatic heterocycles. The number of aliphatic hydroxyl groups excluding tert-OH is 1. The second-order valence-electron chi connectivity index (χ2n) is 4.81. The van der Waals surface area contributed by atoms with Gasteiger partial charge in [-0.05, 0) is 5.04 Å². The van der Waals surface area contributed by atoms with E-state index in [-0.39, 0.29) is 10.9 Å². The first-order valence-corrected chi connectivity index (χ1v) is 8.01. The minimum absolute atomic E-state index is 0.196. The molecule has 0 aromatic rings. The number of hydrogen-bond donors (Lipinski definition) is 1. The quantitative estimate of drug-likeness (QED) is 0.408. The van der Waals surface area contributed by atoms with E-state index in [4.69, 9.17) is 11.6 Å². The van der Waals surface area contributed by atoms with Gasteiger partial charge in [0.25, 0.3) is 0 Å². The maximum Gasteiger partial charge on any atom is 0.137 e. The summed E-state index contributed by atoms with van der Waals surface area (Å²) in [5, 5.41) is 9.45. The van der Waals surface area contributed by atoms with E-state index < -0.39 is 14.2 Å². The van der Waals surface area contributed by atoms with Crippen LogP contribution in [0.1, 0.15) is 20.8 Å². The third-order valence-corrected chi connectivity index (χ3v) is 7.38. The molecular weight excluding hydrogens is 200 g/mol. The molecule has 3 heteroatoms. The van der Waals surface area contributed by atoms with Crippen LogP contribution in [-0.2, 0) is 0 Å². The molecule has 0 heterocycles. The molecule has 0 spiro atoms. The summed E-state index contributed by atoms with van der Waals surface area (Å²) in [6.07, 6.45) is -0.671. The Hall–Kier alpha value is 0.0269. The van der Waals surface area contributed by atoms with Crippen LogP contribution in [0.25, 0.3) is 0 Å². The molecule has 0 saturated carbocycles. The average Bonchev–Trinajstić information content (AvgIpc) is 1.98. The topological polar surface area (TPSA) is 20.2 Å². The SMILES string of the molecule is CC(C)(C)[Si](C)(C)C#CC(O)CCl. The lowest BCUT2D eigenvalue weighted by molar-refractivity contribution is 0.256. The first kappa shape index (κ1) is 13.0. The Morgan fingerprint density at radius 2 is 1.85 bits per heavy atom. The number of rotatable bonds is 1. The summed E-state index contributed by atoms with van der Waals surface area (Å²) in [6.45, 7) is 11.0. The van der Waals surface area contributed by atoms with Crippen LogP contribution in [0.2, 0.25) is 18.1 Å². The first-order chi connectivity index (χ1) is 5.70. The minimum Gasteiger partial charge on any atom is -0.379 e. The van der Waals surface area contributed by atoms with E-state index in [1.54, 1.807) is 0 Å². The molecule has 76 valence electrons. The fourth-order valence-corrected chi connectivity index (χ4v) is 1.47. The number of aliphatic hydroxyl groups is 1. The third kappa shape index (κ3) is 4.17. The van der Waals surface area contributed by atoms with E-state index >= 15 is 0 Å². The Labute approximate surface area is 87.5 Å². The number of alkyl halides is 1. The van der Waals surface area contributed by atoms with Crippen LogP contribution in [-0.4, -0.2) is 25.2 Å². The molecule has 13 heavy (non-hydrogen) atoms. The average molecular weight is 219 g/mol. The summed E-state index contributed by atoms with van der Waals surface area (Å²) in [6, 6.07) is 0. The summed E-state index contributed by atoms with van der Waals surface area (Å²) in [4.78, 5) is 0. The van der Waals surface area contributed by atoms with Crippen LogP contribution in [0.4, 0.5) is 0 Å². The van der Waals surface area contributed by atoms with Gasteiger partial charge in [0, 0.05) is 0 Å². The zero-order valence-corrected chi connectivity index (χ0v) is 10.9. The lowest BCUT2D eigenvalue weighted by atomic mass is 10.2. The van der Waals surface area contributed by atoms with Gasteiger partial charge in [-0.3, -0.25) is 0 Å². The highest BCUT2D eigenvalue weighted by molar-refractivity contribution is 6.87. The van der Waals surface area contributed by atoms with Crippen molar-refractivity contribution >= 4 is 19.7 Å². The predicted molar refractivity (Wildman–Crippen MR) is 61.7 cm³/mol. The van der Waals surface area contributed by atoms with Gasteiger partial charge in [-0.2, -0.15) is 0 Å². The fourth-order valence-electron chi connectivity index (χ4n) is 0.490. The summed E-state index contributed by atoms with van der Waals surface area (Å²) >= 11 is 5.46. The summed E-state index contributed by atoms with van der Waals surface area (Å²) in [5.41, 5.74) is 3.20. The lowest BCUT2D eigenvalue weighted by Crippen LogP contribution is -2.36. The summed E-state index contributed by atoms with van der Waals surface area (Å²) in [7, 11) is -1.56. The van der Waals surface area contributed by atoms with Crippen molar-refractivity contribution < 1.29 is 5.11 Å². The molecular formula is C10H19ClOSi. The molecule has 1 nitrogen and oxygen atoms in total. The molecule has 0 aliphatic carbocycles. The van der Waals surface area contributed by atoms with Gasteiger partial charge < -0.3 is 5.11 Å². The molecule has 0 aromatic carbocycles. The van der Waals surface area contributed by atoms with Gasteiger partial charge in [0.15, 0.2) is 0 Å². The standard InChI is InChI=1S/C10H19ClOSi/c1-10(2,3)13(4,5)7-6-9(12)8-11/h9,12H,8H2,1-5H3. The van der Waals surface area contributed by atoms with E-state index in [9.17, 15) is 5.11 Å². The highest BCUT2D eigenvalue weighted by atomic mass is 35.5. The Morgan fingerprint density at radius 1 is 1.38 bits per heavy atom. The van der Waals surface area contributed by atoms with Gasteiger partial charge in [0.1, 0.15) is 14.2 Å². The predicted octanol–water partition coefficient (Wildman–Crippen LogP) is 2.64. The van der Waals surface area contributed by atoms with Gasteiger partial charge in [0.05, 0.1) is 5.88 Å². The number of hydrogen-bond acceptors (Lipinski definition) is 1. The van der Waals surface area contributed by atoms with Crippen molar-refractivity contribution in [2.45, 2.75) is 45.0 Å². The smallest absolute Gasteiger partial charge is 0.137 e. The van der Waals surface area contributed by atoms with Crippen molar-refractivity contribution in [2.75, 3.05) is 5.88 Å².